The van der Waals surface area contributed by atoms with Crippen LogP contribution in [0.3, 0.4) is 0 Å². The molecule has 0 aromatic heterocycles. The fraction of sp³-hybridized carbons (Fsp3) is 0.533. The molecule has 3 heteroatoms. The van der Waals surface area contributed by atoms with Crippen LogP contribution in [0.1, 0.15) is 43.5 Å². The Hall–Kier alpha value is -1.51. The van der Waals surface area contributed by atoms with E-state index < -0.39 is 0 Å². The zero-order valence-corrected chi connectivity index (χ0v) is 11.2. The summed E-state index contributed by atoms with van der Waals surface area (Å²) in [5, 5.41) is 0. The third-order valence-corrected chi connectivity index (χ3v) is 3.48. The highest BCUT2D eigenvalue weighted by Gasteiger charge is 2.25. The highest BCUT2D eigenvalue weighted by atomic mass is 16.5. The molecule has 18 heavy (non-hydrogen) atoms. The second-order valence-electron chi connectivity index (χ2n) is 4.77. The third kappa shape index (κ3) is 2.66. The summed E-state index contributed by atoms with van der Waals surface area (Å²) in [6.07, 6.45) is 3.42. The molecule has 1 aromatic carbocycles. The zero-order chi connectivity index (χ0) is 13.0. The van der Waals surface area contributed by atoms with Gasteiger partial charge in [0.05, 0.1) is 12.2 Å². The summed E-state index contributed by atoms with van der Waals surface area (Å²) in [5.41, 5.74) is 0.688. The maximum Gasteiger partial charge on any atom is 0.257 e. The Balaban J connectivity index is 2.22. The maximum atomic E-state index is 12.6. The molecule has 1 aliphatic heterocycles. The molecule has 0 saturated carbocycles. The molecule has 0 radical (unpaired) electrons. The van der Waals surface area contributed by atoms with Crippen molar-refractivity contribution < 1.29 is 9.53 Å². The number of carbonyl (C=O) groups excluding carboxylic acids is 1. The molecular formula is C15H21NO2. The Labute approximate surface area is 109 Å². The van der Waals surface area contributed by atoms with E-state index in [1.165, 1.54) is 6.42 Å². The van der Waals surface area contributed by atoms with E-state index in [1.54, 1.807) is 0 Å². The van der Waals surface area contributed by atoms with Crippen molar-refractivity contribution in [2.24, 2.45) is 0 Å². The molecule has 1 amide bonds. The summed E-state index contributed by atoms with van der Waals surface area (Å²) >= 11 is 0. The number of ether oxygens (including phenoxy) is 1. The van der Waals surface area contributed by atoms with Gasteiger partial charge in [-0.05, 0) is 45.2 Å². The number of nitrogens with zero attached hydrogens (tertiary/aromatic N) is 1. The summed E-state index contributed by atoms with van der Waals surface area (Å²) in [6.45, 7) is 5.51. The van der Waals surface area contributed by atoms with Crippen molar-refractivity contribution in [1.82, 2.24) is 4.90 Å². The van der Waals surface area contributed by atoms with Gasteiger partial charge in [0.25, 0.3) is 5.91 Å². The molecule has 1 fully saturated rings. The van der Waals surface area contributed by atoms with Gasteiger partial charge in [-0.2, -0.15) is 0 Å². The minimum Gasteiger partial charge on any atom is -0.493 e. The predicted molar refractivity (Wildman–Crippen MR) is 72.0 cm³/mol. The largest absolute Gasteiger partial charge is 0.493 e. The number of para-hydroxylation sites is 1. The number of hydrogen-bond acceptors (Lipinski definition) is 2. The van der Waals surface area contributed by atoms with Gasteiger partial charge in [0.1, 0.15) is 5.75 Å². The van der Waals surface area contributed by atoms with Crippen LogP contribution in [-0.2, 0) is 0 Å². The lowest BCUT2D eigenvalue weighted by atomic mass is 10.0. The van der Waals surface area contributed by atoms with Gasteiger partial charge in [-0.1, -0.05) is 12.1 Å². The fourth-order valence-corrected chi connectivity index (χ4v) is 2.48. The van der Waals surface area contributed by atoms with Gasteiger partial charge in [0.2, 0.25) is 0 Å². The molecule has 0 N–H and O–H groups in total. The number of rotatable bonds is 3. The normalized spacial score (nSPS) is 19.7. The molecule has 0 spiro atoms. The summed E-state index contributed by atoms with van der Waals surface area (Å²) in [4.78, 5) is 14.5. The van der Waals surface area contributed by atoms with Gasteiger partial charge in [-0.3, -0.25) is 4.79 Å². The number of piperidine rings is 1. The zero-order valence-electron chi connectivity index (χ0n) is 11.2. The van der Waals surface area contributed by atoms with Crippen molar-refractivity contribution >= 4 is 5.91 Å². The minimum absolute atomic E-state index is 0.103. The fourth-order valence-electron chi connectivity index (χ4n) is 2.48. The van der Waals surface area contributed by atoms with Crippen LogP contribution in [-0.4, -0.2) is 30.0 Å². The summed E-state index contributed by atoms with van der Waals surface area (Å²) < 4.78 is 5.54. The molecule has 1 saturated heterocycles. The second kappa shape index (κ2) is 5.89. The predicted octanol–water partition coefficient (Wildman–Crippen LogP) is 3.10. The van der Waals surface area contributed by atoms with Crippen LogP contribution in [0.2, 0.25) is 0 Å². The number of likely N-dealkylation sites (tertiary alicyclic amines) is 1. The van der Waals surface area contributed by atoms with Gasteiger partial charge in [0, 0.05) is 12.6 Å². The quantitative estimate of drug-likeness (QED) is 0.821. The first-order chi connectivity index (χ1) is 8.74. The first kappa shape index (κ1) is 12.9. The van der Waals surface area contributed by atoms with Crippen LogP contribution in [0.25, 0.3) is 0 Å². The molecule has 1 heterocycles. The van der Waals surface area contributed by atoms with Crippen molar-refractivity contribution in [2.75, 3.05) is 13.2 Å². The van der Waals surface area contributed by atoms with Crippen LogP contribution in [0.15, 0.2) is 24.3 Å². The Kier molecular flexibility index (Phi) is 4.24. The lowest BCUT2D eigenvalue weighted by Gasteiger charge is -2.33. The van der Waals surface area contributed by atoms with Gasteiger partial charge in [-0.25, -0.2) is 0 Å². The maximum absolute atomic E-state index is 12.6. The topological polar surface area (TPSA) is 29.5 Å². The van der Waals surface area contributed by atoms with Crippen molar-refractivity contribution in [3.63, 3.8) is 0 Å². The summed E-state index contributed by atoms with van der Waals surface area (Å²) in [5.74, 6) is 0.800. The summed E-state index contributed by atoms with van der Waals surface area (Å²) in [6, 6.07) is 7.85. The monoisotopic (exact) mass is 247 g/mol. The van der Waals surface area contributed by atoms with E-state index >= 15 is 0 Å². The Morgan fingerprint density at radius 2 is 2.17 bits per heavy atom. The average Bonchev–Trinajstić information content (AvgIpc) is 2.40. The number of amides is 1. The smallest absolute Gasteiger partial charge is 0.257 e. The van der Waals surface area contributed by atoms with E-state index in [-0.39, 0.29) is 5.91 Å². The van der Waals surface area contributed by atoms with Crippen LogP contribution in [0.5, 0.6) is 5.75 Å². The van der Waals surface area contributed by atoms with E-state index in [1.807, 2.05) is 36.1 Å². The van der Waals surface area contributed by atoms with Crippen molar-refractivity contribution in [3.05, 3.63) is 29.8 Å². The van der Waals surface area contributed by atoms with Gasteiger partial charge >= 0.3 is 0 Å². The van der Waals surface area contributed by atoms with Crippen molar-refractivity contribution in [1.29, 1.82) is 0 Å². The molecule has 0 aliphatic carbocycles. The standard InChI is InChI=1S/C15H21NO2/c1-3-18-14-10-5-4-9-13(14)15(17)16-11-7-6-8-12(16)2/h4-5,9-10,12H,3,6-8,11H2,1-2H3/t12-/m1/s1. The van der Waals surface area contributed by atoms with Gasteiger partial charge in [-0.15, -0.1) is 0 Å². The minimum atomic E-state index is 0.103. The molecule has 98 valence electrons. The van der Waals surface area contributed by atoms with Gasteiger partial charge in [0.15, 0.2) is 0 Å². The first-order valence-electron chi connectivity index (χ1n) is 6.77. The van der Waals surface area contributed by atoms with Crippen LogP contribution in [0, 0.1) is 0 Å². The molecule has 1 aromatic rings. The van der Waals surface area contributed by atoms with Crippen LogP contribution >= 0.6 is 0 Å². The van der Waals surface area contributed by atoms with Crippen molar-refractivity contribution in [2.45, 2.75) is 39.2 Å². The lowest BCUT2D eigenvalue weighted by Crippen LogP contribution is -2.42. The average molecular weight is 247 g/mol. The third-order valence-electron chi connectivity index (χ3n) is 3.48. The van der Waals surface area contributed by atoms with E-state index in [4.69, 9.17) is 4.74 Å². The Bertz CT molecular complexity index is 417. The van der Waals surface area contributed by atoms with E-state index in [9.17, 15) is 4.79 Å². The van der Waals surface area contributed by atoms with E-state index in [0.29, 0.717) is 24.0 Å². The number of benzene rings is 1. The highest BCUT2D eigenvalue weighted by molar-refractivity contribution is 5.97. The second-order valence-corrected chi connectivity index (χ2v) is 4.77. The van der Waals surface area contributed by atoms with Crippen LogP contribution < -0.4 is 4.74 Å². The SMILES string of the molecule is CCOc1ccccc1C(=O)N1CCCC[C@H]1C. The Morgan fingerprint density at radius 1 is 1.39 bits per heavy atom. The first-order valence-corrected chi connectivity index (χ1v) is 6.77. The summed E-state index contributed by atoms with van der Waals surface area (Å²) in [7, 11) is 0. The molecule has 2 rings (SSSR count). The van der Waals surface area contributed by atoms with E-state index in [0.717, 1.165) is 19.4 Å². The lowest BCUT2D eigenvalue weighted by molar-refractivity contribution is 0.0631. The Morgan fingerprint density at radius 3 is 2.89 bits per heavy atom. The molecular weight excluding hydrogens is 226 g/mol. The molecule has 0 unspecified atom stereocenters. The van der Waals surface area contributed by atoms with E-state index in [2.05, 4.69) is 6.92 Å². The number of carbonyl (C=O) groups is 1. The molecule has 1 aliphatic rings. The van der Waals surface area contributed by atoms with Gasteiger partial charge < -0.3 is 9.64 Å². The van der Waals surface area contributed by atoms with Crippen molar-refractivity contribution in [3.8, 4) is 5.75 Å². The highest BCUT2D eigenvalue weighted by Crippen LogP contribution is 2.24. The molecule has 1 atom stereocenters. The van der Waals surface area contributed by atoms with Crippen LogP contribution in [0.4, 0.5) is 0 Å². The molecule has 3 nitrogen and oxygen atoms in total. The number of hydrogen-bond donors (Lipinski definition) is 0. The molecule has 0 bridgehead atoms.